The molecule has 0 saturated carbocycles. The first-order valence-electron chi connectivity index (χ1n) is 6.57. The van der Waals surface area contributed by atoms with E-state index in [4.69, 9.17) is 11.6 Å². The van der Waals surface area contributed by atoms with Crippen molar-refractivity contribution in [2.75, 3.05) is 18.1 Å². The third kappa shape index (κ3) is 2.67. The second kappa shape index (κ2) is 5.00. The molecule has 108 valence electrons. The third-order valence-corrected chi connectivity index (χ3v) is 5.87. The Labute approximate surface area is 122 Å². The zero-order valence-corrected chi connectivity index (χ0v) is 12.5. The van der Waals surface area contributed by atoms with Crippen molar-refractivity contribution in [2.24, 2.45) is 5.92 Å². The average Bonchev–Trinajstić information content (AvgIpc) is 2.77. The number of carbonyl (C=O) groups excluding carboxylic acids is 1. The molecule has 3 rings (SSSR count). The minimum atomic E-state index is -3.03. The third-order valence-electron chi connectivity index (χ3n) is 3.90. The fourth-order valence-corrected chi connectivity index (χ4v) is 4.75. The van der Waals surface area contributed by atoms with Crippen molar-refractivity contribution in [3.63, 3.8) is 0 Å². The van der Waals surface area contributed by atoms with Crippen LogP contribution in [-0.4, -0.2) is 42.3 Å². The van der Waals surface area contributed by atoms with E-state index in [0.717, 1.165) is 11.3 Å². The van der Waals surface area contributed by atoms with Gasteiger partial charge in [0.25, 0.3) is 0 Å². The Morgan fingerprint density at radius 1 is 1.45 bits per heavy atom. The summed E-state index contributed by atoms with van der Waals surface area (Å²) < 4.78 is 22.9. The highest BCUT2D eigenvalue weighted by Crippen LogP contribution is 2.25. The van der Waals surface area contributed by atoms with Gasteiger partial charge in [0.05, 0.1) is 22.4 Å². The molecule has 1 saturated heterocycles. The molecule has 20 heavy (non-hydrogen) atoms. The van der Waals surface area contributed by atoms with E-state index < -0.39 is 9.84 Å². The van der Waals surface area contributed by atoms with Crippen molar-refractivity contribution in [1.29, 1.82) is 0 Å². The molecular formula is C13H15ClN2O3S. The highest BCUT2D eigenvalue weighted by Gasteiger charge is 2.36. The van der Waals surface area contributed by atoms with Gasteiger partial charge >= 0.3 is 0 Å². The zero-order chi connectivity index (χ0) is 14.3. The van der Waals surface area contributed by atoms with Crippen molar-refractivity contribution in [2.45, 2.75) is 19.4 Å². The van der Waals surface area contributed by atoms with Crippen LogP contribution in [0.25, 0.3) is 0 Å². The smallest absolute Gasteiger partial charge is 0.227 e. The zero-order valence-electron chi connectivity index (χ0n) is 10.9. The lowest BCUT2D eigenvalue weighted by molar-refractivity contribution is -0.135. The first-order chi connectivity index (χ1) is 9.44. The highest BCUT2D eigenvalue weighted by atomic mass is 35.5. The maximum Gasteiger partial charge on any atom is 0.227 e. The van der Waals surface area contributed by atoms with E-state index in [1.54, 1.807) is 11.1 Å². The van der Waals surface area contributed by atoms with Gasteiger partial charge in [0.2, 0.25) is 5.91 Å². The van der Waals surface area contributed by atoms with Crippen molar-refractivity contribution in [1.82, 2.24) is 9.88 Å². The summed E-state index contributed by atoms with van der Waals surface area (Å²) in [6.45, 7) is 1.06. The summed E-state index contributed by atoms with van der Waals surface area (Å²) >= 11 is 5.92. The molecule has 1 amide bonds. The van der Waals surface area contributed by atoms with Crippen LogP contribution < -0.4 is 0 Å². The SMILES string of the molecule is O=C([C@@H]1CCS(=O)(=O)C1)N1CCc2ncc(Cl)cc2C1. The van der Waals surface area contributed by atoms with Gasteiger partial charge in [0.1, 0.15) is 0 Å². The first kappa shape index (κ1) is 13.8. The summed E-state index contributed by atoms with van der Waals surface area (Å²) in [7, 11) is -3.03. The van der Waals surface area contributed by atoms with Gasteiger partial charge in [0, 0.05) is 31.4 Å². The van der Waals surface area contributed by atoms with Crippen molar-refractivity contribution in [3.05, 3.63) is 28.5 Å². The first-order valence-corrected chi connectivity index (χ1v) is 8.77. The van der Waals surface area contributed by atoms with Crippen molar-refractivity contribution < 1.29 is 13.2 Å². The summed E-state index contributed by atoms with van der Waals surface area (Å²) in [5.74, 6) is -0.324. The van der Waals surface area contributed by atoms with Gasteiger partial charge in [-0.05, 0) is 18.1 Å². The molecule has 5 nitrogen and oxygen atoms in total. The van der Waals surface area contributed by atoms with Gasteiger partial charge in [0.15, 0.2) is 9.84 Å². The van der Waals surface area contributed by atoms with E-state index >= 15 is 0 Å². The van der Waals surface area contributed by atoms with E-state index in [1.165, 1.54) is 0 Å². The summed E-state index contributed by atoms with van der Waals surface area (Å²) in [5.41, 5.74) is 1.93. The van der Waals surface area contributed by atoms with E-state index in [2.05, 4.69) is 4.98 Å². The molecule has 0 unspecified atom stereocenters. The molecule has 0 spiro atoms. The van der Waals surface area contributed by atoms with Crippen molar-refractivity contribution in [3.8, 4) is 0 Å². The summed E-state index contributed by atoms with van der Waals surface area (Å²) in [6, 6.07) is 1.83. The Morgan fingerprint density at radius 2 is 2.25 bits per heavy atom. The summed E-state index contributed by atoms with van der Waals surface area (Å²) in [5, 5.41) is 0.557. The Bertz CT molecular complexity index is 660. The van der Waals surface area contributed by atoms with Crippen LogP contribution in [0.5, 0.6) is 0 Å². The molecule has 1 fully saturated rings. The van der Waals surface area contributed by atoms with Crippen LogP contribution in [0.3, 0.4) is 0 Å². The van der Waals surface area contributed by atoms with Gasteiger partial charge in [-0.1, -0.05) is 11.6 Å². The molecule has 0 aromatic carbocycles. The van der Waals surface area contributed by atoms with Crippen LogP contribution in [0.4, 0.5) is 0 Å². The van der Waals surface area contributed by atoms with Crippen LogP contribution in [0.1, 0.15) is 17.7 Å². The highest BCUT2D eigenvalue weighted by molar-refractivity contribution is 7.91. The van der Waals surface area contributed by atoms with E-state index in [9.17, 15) is 13.2 Å². The maximum atomic E-state index is 12.4. The number of pyridine rings is 1. The van der Waals surface area contributed by atoms with E-state index in [-0.39, 0.29) is 23.3 Å². The predicted octanol–water partition coefficient (Wildman–Crippen LogP) is 1.05. The maximum absolute atomic E-state index is 12.4. The van der Waals surface area contributed by atoms with E-state index in [0.29, 0.717) is 31.0 Å². The fourth-order valence-electron chi connectivity index (χ4n) is 2.83. The molecule has 2 aliphatic heterocycles. The number of hydrogen-bond acceptors (Lipinski definition) is 4. The van der Waals surface area contributed by atoms with Gasteiger partial charge in [-0.25, -0.2) is 8.42 Å². The average molecular weight is 315 g/mol. The Kier molecular flexibility index (Phi) is 3.46. The molecule has 0 radical (unpaired) electrons. The molecule has 3 heterocycles. The minimum Gasteiger partial charge on any atom is -0.338 e. The molecule has 1 aromatic heterocycles. The molecule has 0 aliphatic carbocycles. The van der Waals surface area contributed by atoms with Gasteiger partial charge in [-0.15, -0.1) is 0 Å². The molecule has 2 aliphatic rings. The second-order valence-corrected chi connectivity index (χ2v) is 8.03. The van der Waals surface area contributed by atoms with Crippen LogP contribution in [0.2, 0.25) is 5.02 Å². The number of fused-ring (bicyclic) bond motifs is 1. The molecule has 7 heteroatoms. The van der Waals surface area contributed by atoms with Crippen molar-refractivity contribution >= 4 is 27.3 Å². The lowest BCUT2D eigenvalue weighted by Gasteiger charge is -2.30. The Hall–Kier alpha value is -1.14. The number of halogens is 1. The quantitative estimate of drug-likeness (QED) is 0.777. The van der Waals surface area contributed by atoms with Gasteiger partial charge in [-0.2, -0.15) is 0 Å². The molecule has 0 bridgehead atoms. The number of carbonyl (C=O) groups is 1. The predicted molar refractivity (Wildman–Crippen MR) is 75.1 cm³/mol. The second-order valence-electron chi connectivity index (χ2n) is 5.37. The van der Waals surface area contributed by atoms with Crippen LogP contribution in [-0.2, 0) is 27.6 Å². The van der Waals surface area contributed by atoms with E-state index in [1.807, 2.05) is 6.07 Å². The molecule has 1 aromatic rings. The molecule has 0 N–H and O–H groups in total. The molecular weight excluding hydrogens is 300 g/mol. The van der Waals surface area contributed by atoms with Crippen LogP contribution in [0.15, 0.2) is 12.3 Å². The number of aromatic nitrogens is 1. The lowest BCUT2D eigenvalue weighted by atomic mass is 10.0. The largest absolute Gasteiger partial charge is 0.338 e. The van der Waals surface area contributed by atoms with Gasteiger partial charge < -0.3 is 4.90 Å². The number of rotatable bonds is 1. The van der Waals surface area contributed by atoms with Gasteiger partial charge in [-0.3, -0.25) is 9.78 Å². The standard InChI is InChI=1S/C13H15ClN2O3S/c14-11-5-10-7-16(3-1-12(10)15-6-11)13(17)9-2-4-20(18,19)8-9/h5-6,9H,1-4,7-8H2/t9-/m1/s1. The monoisotopic (exact) mass is 314 g/mol. The topological polar surface area (TPSA) is 67.3 Å². The van der Waals surface area contributed by atoms with Crippen LogP contribution >= 0.6 is 11.6 Å². The summed E-state index contributed by atoms with van der Waals surface area (Å²) in [4.78, 5) is 18.4. The number of sulfone groups is 1. The van der Waals surface area contributed by atoms with Crippen LogP contribution in [0, 0.1) is 5.92 Å². The Balaban J connectivity index is 1.75. The Morgan fingerprint density at radius 3 is 2.95 bits per heavy atom. The number of hydrogen-bond donors (Lipinski definition) is 0. The minimum absolute atomic E-state index is 0.0109. The fraction of sp³-hybridized carbons (Fsp3) is 0.538. The number of nitrogens with zero attached hydrogens (tertiary/aromatic N) is 2. The molecule has 1 atom stereocenters. The lowest BCUT2D eigenvalue weighted by Crippen LogP contribution is -2.40. The summed E-state index contributed by atoms with van der Waals surface area (Å²) in [6.07, 6.45) is 2.75. The number of amides is 1. The normalized spacial score (nSPS) is 24.4.